The van der Waals surface area contributed by atoms with Crippen LogP contribution in [0.25, 0.3) is 11.3 Å². The molecule has 0 saturated heterocycles. The van der Waals surface area contributed by atoms with Gasteiger partial charge < -0.3 is 4.57 Å². The van der Waals surface area contributed by atoms with Crippen LogP contribution < -0.4 is 0 Å². The molecule has 3 heteroatoms. The average Bonchev–Trinajstić information content (AvgIpc) is 2.70. The molecule has 0 amide bonds. The Labute approximate surface area is 93.8 Å². The van der Waals surface area contributed by atoms with Gasteiger partial charge in [-0.1, -0.05) is 18.2 Å². The van der Waals surface area contributed by atoms with Crippen molar-refractivity contribution in [2.75, 3.05) is 0 Å². The second kappa shape index (κ2) is 3.92. The van der Waals surface area contributed by atoms with Gasteiger partial charge in [-0.2, -0.15) is 10.5 Å². The molecule has 0 saturated carbocycles. The fourth-order valence-corrected chi connectivity index (χ4v) is 1.70. The lowest BCUT2D eigenvalue weighted by molar-refractivity contribution is 0.917. The van der Waals surface area contributed by atoms with E-state index in [-0.39, 0.29) is 0 Å². The summed E-state index contributed by atoms with van der Waals surface area (Å²) in [6.07, 6.45) is 0. The third kappa shape index (κ3) is 1.45. The van der Waals surface area contributed by atoms with Gasteiger partial charge in [0.25, 0.3) is 0 Å². The van der Waals surface area contributed by atoms with E-state index in [2.05, 4.69) is 12.1 Å². The van der Waals surface area contributed by atoms with Crippen LogP contribution >= 0.6 is 0 Å². The monoisotopic (exact) mass is 207 g/mol. The van der Waals surface area contributed by atoms with Crippen LogP contribution in [0.5, 0.6) is 0 Å². The number of nitrogens with zero attached hydrogens (tertiary/aromatic N) is 3. The number of hydrogen-bond acceptors (Lipinski definition) is 2. The Morgan fingerprint density at radius 2 is 1.75 bits per heavy atom. The van der Waals surface area contributed by atoms with Gasteiger partial charge in [-0.15, -0.1) is 0 Å². The molecule has 2 rings (SSSR count). The highest BCUT2D eigenvalue weighted by Crippen LogP contribution is 2.24. The molecule has 1 heterocycles. The molecule has 16 heavy (non-hydrogen) atoms. The molecule has 0 N–H and O–H groups in total. The summed E-state index contributed by atoms with van der Waals surface area (Å²) in [6, 6.07) is 15.2. The summed E-state index contributed by atoms with van der Waals surface area (Å²) in [4.78, 5) is 0. The molecule has 1 aromatic carbocycles. The maximum atomic E-state index is 9.01. The molecule has 0 fully saturated rings. The summed E-state index contributed by atoms with van der Waals surface area (Å²) in [5, 5.41) is 17.9. The minimum Gasteiger partial charge on any atom is -0.335 e. The molecule has 0 radical (unpaired) electrons. The smallest absolute Gasteiger partial charge is 0.120 e. The van der Waals surface area contributed by atoms with Gasteiger partial charge in [0.2, 0.25) is 0 Å². The van der Waals surface area contributed by atoms with E-state index >= 15 is 0 Å². The van der Waals surface area contributed by atoms with Crippen molar-refractivity contribution in [3.63, 3.8) is 0 Å². The molecule has 0 spiro atoms. The minimum absolute atomic E-state index is 0.586. The van der Waals surface area contributed by atoms with Crippen molar-refractivity contribution in [3.05, 3.63) is 47.7 Å². The van der Waals surface area contributed by atoms with Gasteiger partial charge in [-0.05, 0) is 18.2 Å². The number of rotatable bonds is 1. The molecule has 3 nitrogen and oxygen atoms in total. The Morgan fingerprint density at radius 3 is 2.38 bits per heavy atom. The quantitative estimate of drug-likeness (QED) is 0.721. The van der Waals surface area contributed by atoms with E-state index in [1.54, 1.807) is 16.7 Å². The summed E-state index contributed by atoms with van der Waals surface area (Å²) in [5.74, 6) is 0. The van der Waals surface area contributed by atoms with Crippen LogP contribution in [0, 0.1) is 22.7 Å². The van der Waals surface area contributed by atoms with Gasteiger partial charge in [-0.25, -0.2) is 0 Å². The van der Waals surface area contributed by atoms with Crippen molar-refractivity contribution in [2.45, 2.75) is 0 Å². The Hall–Kier alpha value is -2.52. The van der Waals surface area contributed by atoms with E-state index in [0.717, 1.165) is 11.3 Å². The van der Waals surface area contributed by atoms with Crippen molar-refractivity contribution < 1.29 is 0 Å². The highest BCUT2D eigenvalue weighted by atomic mass is 15.0. The second-order valence-electron chi connectivity index (χ2n) is 3.43. The first-order valence-electron chi connectivity index (χ1n) is 4.83. The first-order valence-corrected chi connectivity index (χ1v) is 4.83. The van der Waals surface area contributed by atoms with Gasteiger partial charge in [-0.3, -0.25) is 0 Å². The SMILES string of the molecule is Cn1c(C#N)ccc1-c1ccccc1C#N. The summed E-state index contributed by atoms with van der Waals surface area (Å²) < 4.78 is 1.79. The molecule has 0 aliphatic rings. The molecular weight excluding hydrogens is 198 g/mol. The zero-order valence-electron chi connectivity index (χ0n) is 8.81. The van der Waals surface area contributed by atoms with Crippen LogP contribution in [0.2, 0.25) is 0 Å². The van der Waals surface area contributed by atoms with Crippen LogP contribution in [0.1, 0.15) is 11.3 Å². The predicted octanol–water partition coefficient (Wildman–Crippen LogP) is 2.44. The minimum atomic E-state index is 0.586. The van der Waals surface area contributed by atoms with Crippen molar-refractivity contribution in [2.24, 2.45) is 7.05 Å². The highest BCUT2D eigenvalue weighted by Gasteiger charge is 2.09. The second-order valence-corrected chi connectivity index (χ2v) is 3.43. The topological polar surface area (TPSA) is 52.5 Å². The third-order valence-corrected chi connectivity index (χ3v) is 2.56. The van der Waals surface area contributed by atoms with E-state index < -0.39 is 0 Å². The first-order chi connectivity index (χ1) is 7.77. The lowest BCUT2D eigenvalue weighted by Crippen LogP contribution is -1.95. The van der Waals surface area contributed by atoms with E-state index in [4.69, 9.17) is 10.5 Å². The van der Waals surface area contributed by atoms with Crippen LogP contribution in [0.15, 0.2) is 36.4 Å². The summed E-state index contributed by atoms with van der Waals surface area (Å²) in [6.45, 7) is 0. The molecule has 0 unspecified atom stereocenters. The van der Waals surface area contributed by atoms with Crippen LogP contribution in [0.4, 0.5) is 0 Å². The van der Waals surface area contributed by atoms with Crippen LogP contribution in [0.3, 0.4) is 0 Å². The van der Waals surface area contributed by atoms with E-state index in [1.165, 1.54) is 0 Å². The molecule has 0 aliphatic carbocycles. The third-order valence-electron chi connectivity index (χ3n) is 2.56. The first kappa shape index (κ1) is 10.0. The number of hydrogen-bond donors (Lipinski definition) is 0. The molecule has 0 aliphatic heterocycles. The highest BCUT2D eigenvalue weighted by molar-refractivity contribution is 5.68. The largest absolute Gasteiger partial charge is 0.335 e. The van der Waals surface area contributed by atoms with E-state index in [1.807, 2.05) is 31.3 Å². The predicted molar refractivity (Wildman–Crippen MR) is 60.3 cm³/mol. The van der Waals surface area contributed by atoms with Crippen molar-refractivity contribution in [1.82, 2.24) is 4.57 Å². The summed E-state index contributed by atoms with van der Waals surface area (Å²) in [7, 11) is 1.82. The van der Waals surface area contributed by atoms with Gasteiger partial charge in [0.15, 0.2) is 0 Å². The van der Waals surface area contributed by atoms with Crippen LogP contribution in [-0.2, 0) is 7.05 Å². The lowest BCUT2D eigenvalue weighted by atomic mass is 10.1. The molecule has 0 bridgehead atoms. The average molecular weight is 207 g/mol. The van der Waals surface area contributed by atoms with Gasteiger partial charge in [0, 0.05) is 12.6 Å². The Morgan fingerprint density at radius 1 is 1.00 bits per heavy atom. The number of aromatic nitrogens is 1. The summed E-state index contributed by atoms with van der Waals surface area (Å²) in [5.41, 5.74) is 2.94. The van der Waals surface area contributed by atoms with Crippen molar-refractivity contribution >= 4 is 0 Å². The fraction of sp³-hybridized carbons (Fsp3) is 0.0769. The van der Waals surface area contributed by atoms with Crippen molar-refractivity contribution in [1.29, 1.82) is 10.5 Å². The zero-order valence-corrected chi connectivity index (χ0v) is 8.81. The van der Waals surface area contributed by atoms with E-state index in [0.29, 0.717) is 11.3 Å². The van der Waals surface area contributed by atoms with Gasteiger partial charge in [0.05, 0.1) is 17.3 Å². The molecular formula is C13H9N3. The van der Waals surface area contributed by atoms with Gasteiger partial charge >= 0.3 is 0 Å². The maximum absolute atomic E-state index is 9.01. The number of nitriles is 2. The Balaban J connectivity index is 2.65. The molecule has 2 aromatic rings. The lowest BCUT2D eigenvalue weighted by Gasteiger charge is -2.05. The fourth-order valence-electron chi connectivity index (χ4n) is 1.70. The molecule has 76 valence electrons. The Bertz CT molecular complexity index is 609. The van der Waals surface area contributed by atoms with E-state index in [9.17, 15) is 0 Å². The van der Waals surface area contributed by atoms with Gasteiger partial charge in [0.1, 0.15) is 11.8 Å². The molecule has 1 aromatic heterocycles. The normalized spacial score (nSPS) is 9.44. The standard InChI is InChI=1S/C13H9N3/c1-16-11(9-15)6-7-13(16)12-5-3-2-4-10(12)8-14/h2-7H,1H3. The summed E-state index contributed by atoms with van der Waals surface area (Å²) >= 11 is 0. The maximum Gasteiger partial charge on any atom is 0.120 e. The van der Waals surface area contributed by atoms with Crippen LogP contribution in [-0.4, -0.2) is 4.57 Å². The Kier molecular flexibility index (Phi) is 2.45. The van der Waals surface area contributed by atoms with Crippen molar-refractivity contribution in [3.8, 4) is 23.4 Å². The molecule has 0 atom stereocenters. The zero-order chi connectivity index (χ0) is 11.5. The number of benzene rings is 1.